The number of hydrogen-bond donors (Lipinski definition) is 2. The van der Waals surface area contributed by atoms with E-state index < -0.39 is 17.9 Å². The number of rotatable bonds is 11. The number of carbonyl (C=O) groups is 2. The van der Waals surface area contributed by atoms with E-state index in [0.717, 1.165) is 11.1 Å². The summed E-state index contributed by atoms with van der Waals surface area (Å²) in [5.41, 5.74) is 2.56. The van der Waals surface area contributed by atoms with Crippen molar-refractivity contribution in [1.29, 1.82) is 0 Å². The SMILES string of the molecule is COc1ccccc1-c1cc(COc2cccnc2)ccc1C(=O)NC(CCSC)C(=O)O. The van der Waals surface area contributed by atoms with Gasteiger partial charge in [-0.25, -0.2) is 4.79 Å². The molecule has 3 rings (SSSR count). The highest BCUT2D eigenvalue weighted by molar-refractivity contribution is 7.98. The first-order valence-electron chi connectivity index (χ1n) is 10.3. The molecule has 172 valence electrons. The molecular formula is C25H26N2O5S. The number of benzene rings is 2. The molecule has 2 N–H and O–H groups in total. The van der Waals surface area contributed by atoms with Crippen molar-refractivity contribution in [3.63, 3.8) is 0 Å². The summed E-state index contributed by atoms with van der Waals surface area (Å²) in [6.45, 7) is 0.279. The number of methoxy groups -OCH3 is 1. The van der Waals surface area contributed by atoms with Gasteiger partial charge in [0.15, 0.2) is 0 Å². The van der Waals surface area contributed by atoms with Crippen LogP contribution < -0.4 is 14.8 Å². The predicted molar refractivity (Wildman–Crippen MR) is 129 cm³/mol. The van der Waals surface area contributed by atoms with E-state index in [1.807, 2.05) is 42.7 Å². The van der Waals surface area contributed by atoms with Crippen LogP contribution in [0.5, 0.6) is 11.5 Å². The number of nitrogens with one attached hydrogen (secondary N) is 1. The second-order valence-corrected chi connectivity index (χ2v) is 8.19. The zero-order valence-corrected chi connectivity index (χ0v) is 19.3. The largest absolute Gasteiger partial charge is 0.496 e. The number of carbonyl (C=O) groups excluding carboxylic acids is 1. The average molecular weight is 467 g/mol. The third kappa shape index (κ3) is 6.49. The molecule has 7 nitrogen and oxygen atoms in total. The van der Waals surface area contributed by atoms with Gasteiger partial charge in [-0.3, -0.25) is 9.78 Å². The standard InChI is InChI=1S/C25H26N2O5S/c1-31-23-8-4-3-7-19(23)21-14-17(16-32-18-6-5-12-26-15-18)9-10-20(21)24(28)27-22(25(29)30)11-13-33-2/h3-10,12,14-15,22H,11,13,16H2,1-2H3,(H,27,28)(H,29,30). The predicted octanol–water partition coefficient (Wildman–Crippen LogP) is 4.27. The lowest BCUT2D eigenvalue weighted by atomic mass is 9.95. The number of aliphatic carboxylic acids is 1. The Balaban J connectivity index is 1.94. The van der Waals surface area contributed by atoms with Crippen LogP contribution in [0.2, 0.25) is 0 Å². The van der Waals surface area contributed by atoms with Crippen molar-refractivity contribution in [3.05, 3.63) is 78.1 Å². The van der Waals surface area contributed by atoms with Gasteiger partial charge < -0.3 is 19.9 Å². The number of aromatic nitrogens is 1. The topological polar surface area (TPSA) is 97.8 Å². The third-order valence-corrected chi connectivity index (χ3v) is 5.62. The highest BCUT2D eigenvalue weighted by atomic mass is 32.2. The lowest BCUT2D eigenvalue weighted by Crippen LogP contribution is -2.41. The fraction of sp³-hybridized carbons (Fsp3) is 0.240. The summed E-state index contributed by atoms with van der Waals surface area (Å²) in [4.78, 5) is 28.8. The molecule has 0 aliphatic carbocycles. The summed E-state index contributed by atoms with van der Waals surface area (Å²) < 4.78 is 11.3. The van der Waals surface area contributed by atoms with Crippen LogP contribution in [0.15, 0.2) is 67.0 Å². The molecule has 0 fully saturated rings. The molecule has 1 heterocycles. The first-order valence-corrected chi connectivity index (χ1v) is 11.7. The summed E-state index contributed by atoms with van der Waals surface area (Å²) >= 11 is 1.53. The Morgan fingerprint density at radius 3 is 2.64 bits per heavy atom. The number of hydrogen-bond acceptors (Lipinski definition) is 6. The van der Waals surface area contributed by atoms with Gasteiger partial charge in [0.25, 0.3) is 5.91 Å². The van der Waals surface area contributed by atoms with Crippen LogP contribution in [0.1, 0.15) is 22.3 Å². The molecule has 0 radical (unpaired) electrons. The molecule has 1 unspecified atom stereocenters. The molecule has 3 aromatic rings. The zero-order chi connectivity index (χ0) is 23.6. The van der Waals surface area contributed by atoms with Gasteiger partial charge in [0.2, 0.25) is 0 Å². The quantitative estimate of drug-likeness (QED) is 0.435. The lowest BCUT2D eigenvalue weighted by molar-refractivity contribution is -0.139. The molecule has 0 bridgehead atoms. The summed E-state index contributed by atoms with van der Waals surface area (Å²) in [5.74, 6) is 0.355. The number of carboxylic acids is 1. The van der Waals surface area contributed by atoms with E-state index in [2.05, 4.69) is 10.3 Å². The fourth-order valence-corrected chi connectivity index (χ4v) is 3.77. The number of carboxylic acid groups (broad SMARTS) is 1. The minimum atomic E-state index is -1.06. The fourth-order valence-electron chi connectivity index (χ4n) is 3.30. The summed E-state index contributed by atoms with van der Waals surface area (Å²) in [6.07, 6.45) is 5.53. The van der Waals surface area contributed by atoms with Gasteiger partial charge in [-0.05, 0) is 59.9 Å². The van der Waals surface area contributed by atoms with Crippen LogP contribution in [-0.4, -0.2) is 47.1 Å². The van der Waals surface area contributed by atoms with Gasteiger partial charge in [-0.1, -0.05) is 24.3 Å². The molecule has 1 atom stereocenters. The van der Waals surface area contributed by atoms with E-state index in [4.69, 9.17) is 9.47 Å². The first-order chi connectivity index (χ1) is 16.0. The van der Waals surface area contributed by atoms with Crippen molar-refractivity contribution in [1.82, 2.24) is 10.3 Å². The Labute approximate surface area is 197 Å². The second-order valence-electron chi connectivity index (χ2n) is 7.20. The van der Waals surface area contributed by atoms with Gasteiger partial charge in [0.05, 0.1) is 13.3 Å². The van der Waals surface area contributed by atoms with Crippen molar-refractivity contribution < 1.29 is 24.2 Å². The number of amides is 1. The van der Waals surface area contributed by atoms with Crippen molar-refractivity contribution in [3.8, 4) is 22.6 Å². The lowest BCUT2D eigenvalue weighted by Gasteiger charge is -2.18. The van der Waals surface area contributed by atoms with Gasteiger partial charge in [-0.15, -0.1) is 0 Å². The monoisotopic (exact) mass is 466 g/mol. The Morgan fingerprint density at radius 2 is 1.94 bits per heavy atom. The molecule has 1 aromatic heterocycles. The number of para-hydroxylation sites is 1. The van der Waals surface area contributed by atoms with E-state index in [9.17, 15) is 14.7 Å². The van der Waals surface area contributed by atoms with Gasteiger partial charge >= 0.3 is 5.97 Å². The molecule has 1 amide bonds. The summed E-state index contributed by atoms with van der Waals surface area (Å²) in [5, 5.41) is 12.2. The molecule has 0 saturated heterocycles. The minimum absolute atomic E-state index is 0.279. The number of ether oxygens (including phenoxy) is 2. The maximum atomic E-state index is 13.1. The number of thioether (sulfide) groups is 1. The molecule has 2 aromatic carbocycles. The van der Waals surface area contributed by atoms with Crippen LogP contribution in [0.4, 0.5) is 0 Å². The van der Waals surface area contributed by atoms with Crippen LogP contribution in [0.3, 0.4) is 0 Å². The van der Waals surface area contributed by atoms with Crippen molar-refractivity contribution >= 4 is 23.6 Å². The van der Waals surface area contributed by atoms with E-state index in [0.29, 0.717) is 34.8 Å². The highest BCUT2D eigenvalue weighted by Crippen LogP contribution is 2.33. The molecule has 0 spiro atoms. The molecule has 0 aliphatic heterocycles. The third-order valence-electron chi connectivity index (χ3n) is 4.98. The molecule has 0 saturated carbocycles. The van der Waals surface area contributed by atoms with Crippen LogP contribution in [0, 0.1) is 0 Å². The van der Waals surface area contributed by atoms with Crippen molar-refractivity contribution in [2.75, 3.05) is 19.1 Å². The smallest absolute Gasteiger partial charge is 0.326 e. The van der Waals surface area contributed by atoms with Crippen molar-refractivity contribution in [2.24, 2.45) is 0 Å². The molecule has 0 aliphatic rings. The average Bonchev–Trinajstić information content (AvgIpc) is 2.85. The maximum absolute atomic E-state index is 13.1. The second kappa shape index (κ2) is 11.9. The van der Waals surface area contributed by atoms with Crippen molar-refractivity contribution in [2.45, 2.75) is 19.1 Å². The zero-order valence-electron chi connectivity index (χ0n) is 18.5. The summed E-state index contributed by atoms with van der Waals surface area (Å²) in [7, 11) is 1.57. The maximum Gasteiger partial charge on any atom is 0.326 e. The van der Waals surface area contributed by atoms with Crippen LogP contribution in [0.25, 0.3) is 11.1 Å². The molecule has 8 heteroatoms. The molecular weight excluding hydrogens is 440 g/mol. The van der Waals surface area contributed by atoms with E-state index in [-0.39, 0.29) is 6.61 Å². The van der Waals surface area contributed by atoms with Gasteiger partial charge in [0, 0.05) is 17.3 Å². The highest BCUT2D eigenvalue weighted by Gasteiger charge is 2.23. The molecule has 33 heavy (non-hydrogen) atoms. The first kappa shape index (κ1) is 24.1. The normalized spacial score (nSPS) is 11.5. The Kier molecular flexibility index (Phi) is 8.71. The summed E-state index contributed by atoms with van der Waals surface area (Å²) in [6, 6.07) is 15.4. The van der Waals surface area contributed by atoms with E-state index >= 15 is 0 Å². The Hall–Kier alpha value is -3.52. The van der Waals surface area contributed by atoms with E-state index in [1.165, 1.54) is 11.8 Å². The van der Waals surface area contributed by atoms with Gasteiger partial charge in [0.1, 0.15) is 24.1 Å². The number of nitrogens with zero attached hydrogens (tertiary/aromatic N) is 1. The Morgan fingerprint density at radius 1 is 1.12 bits per heavy atom. The number of pyridine rings is 1. The van der Waals surface area contributed by atoms with Crippen LogP contribution >= 0.6 is 11.8 Å². The van der Waals surface area contributed by atoms with Crippen LogP contribution in [-0.2, 0) is 11.4 Å². The van der Waals surface area contributed by atoms with Gasteiger partial charge in [-0.2, -0.15) is 11.8 Å². The van der Waals surface area contributed by atoms with E-state index in [1.54, 1.807) is 37.7 Å². The Bertz CT molecular complexity index is 1090. The minimum Gasteiger partial charge on any atom is -0.496 e.